The summed E-state index contributed by atoms with van der Waals surface area (Å²) in [6.07, 6.45) is -0.191. The van der Waals surface area contributed by atoms with Crippen molar-refractivity contribution in [3.05, 3.63) is 41.6 Å². The summed E-state index contributed by atoms with van der Waals surface area (Å²) in [6, 6.07) is 3.67. The number of hydrogen-bond donors (Lipinski definition) is 2. The van der Waals surface area contributed by atoms with Crippen LogP contribution in [0.5, 0.6) is 5.88 Å². The van der Waals surface area contributed by atoms with Crippen molar-refractivity contribution in [1.82, 2.24) is 15.3 Å². The molecule has 2 heterocycles. The highest BCUT2D eigenvalue weighted by Gasteiger charge is 2.41. The van der Waals surface area contributed by atoms with Gasteiger partial charge in [0.1, 0.15) is 12.1 Å². The second-order valence-corrected chi connectivity index (χ2v) is 6.51. The molecular formula is C17H16ClF2N3O3. The van der Waals surface area contributed by atoms with E-state index < -0.39 is 35.6 Å². The molecule has 1 aliphatic heterocycles. The molecule has 1 aliphatic rings. The lowest BCUT2D eigenvalue weighted by molar-refractivity contribution is -0.140. The molecule has 3 atom stereocenters. The van der Waals surface area contributed by atoms with E-state index in [1.165, 1.54) is 18.2 Å². The van der Waals surface area contributed by atoms with E-state index in [2.05, 4.69) is 21.9 Å². The Kier molecular flexibility index (Phi) is 4.81. The lowest BCUT2D eigenvalue weighted by Crippen LogP contribution is -2.35. The van der Waals surface area contributed by atoms with Gasteiger partial charge in [-0.15, -0.1) is 0 Å². The van der Waals surface area contributed by atoms with Crippen molar-refractivity contribution in [1.29, 1.82) is 0 Å². The van der Waals surface area contributed by atoms with Crippen molar-refractivity contribution in [2.24, 2.45) is 5.92 Å². The van der Waals surface area contributed by atoms with Crippen LogP contribution in [-0.4, -0.2) is 39.7 Å². The van der Waals surface area contributed by atoms with Crippen LogP contribution in [-0.2, 0) is 10.7 Å². The largest absolute Gasteiger partial charge is 0.480 e. The summed E-state index contributed by atoms with van der Waals surface area (Å²) in [5, 5.41) is 12.3. The average molecular weight is 384 g/mol. The molecule has 0 spiro atoms. The van der Waals surface area contributed by atoms with E-state index in [-0.39, 0.29) is 17.9 Å². The maximum atomic E-state index is 14.3. The minimum absolute atomic E-state index is 0.187. The fraction of sp³-hybridized carbons (Fsp3) is 0.353. The first-order valence-electron chi connectivity index (χ1n) is 7.85. The molecule has 2 aromatic rings. The van der Waals surface area contributed by atoms with Gasteiger partial charge in [-0.3, -0.25) is 4.79 Å². The number of carbonyl (C=O) groups is 1. The maximum Gasteiger partial charge on any atom is 0.321 e. The van der Waals surface area contributed by atoms with E-state index in [0.29, 0.717) is 16.6 Å². The van der Waals surface area contributed by atoms with E-state index in [9.17, 15) is 13.6 Å². The van der Waals surface area contributed by atoms with Crippen LogP contribution in [0.3, 0.4) is 0 Å². The molecule has 1 aromatic heterocycles. The third kappa shape index (κ3) is 3.34. The number of aliphatic carboxylic acids is 1. The molecule has 3 rings (SSSR count). The van der Waals surface area contributed by atoms with Crippen molar-refractivity contribution in [3.8, 4) is 5.88 Å². The number of ether oxygens (including phenoxy) is 1. The zero-order valence-corrected chi connectivity index (χ0v) is 14.5. The van der Waals surface area contributed by atoms with Gasteiger partial charge in [0.25, 0.3) is 0 Å². The number of hydrogen-bond acceptors (Lipinski definition) is 5. The molecule has 0 radical (unpaired) electrons. The Morgan fingerprint density at radius 2 is 2.19 bits per heavy atom. The molecule has 6 nitrogen and oxygen atoms in total. The molecule has 1 fully saturated rings. The lowest BCUT2D eigenvalue weighted by Gasteiger charge is -2.21. The Bertz CT molecular complexity index is 878. The number of rotatable bonds is 5. The summed E-state index contributed by atoms with van der Waals surface area (Å²) in [4.78, 5) is 19.3. The van der Waals surface area contributed by atoms with Gasteiger partial charge in [0, 0.05) is 17.5 Å². The number of halogens is 3. The molecule has 0 bridgehead atoms. The van der Waals surface area contributed by atoms with Crippen LogP contribution in [0.2, 0.25) is 5.02 Å². The zero-order valence-electron chi connectivity index (χ0n) is 13.7. The second kappa shape index (κ2) is 6.77. The topological polar surface area (TPSA) is 84.3 Å². The third-order valence-corrected chi connectivity index (χ3v) is 4.58. The molecule has 138 valence electrons. The number of nitrogens with zero attached hydrogens (tertiary/aromatic N) is 2. The Hall–Kier alpha value is -2.32. The molecule has 1 saturated heterocycles. The summed E-state index contributed by atoms with van der Waals surface area (Å²) in [6.45, 7) is 5.00. The van der Waals surface area contributed by atoms with Crippen LogP contribution in [0.1, 0.15) is 12.6 Å². The van der Waals surface area contributed by atoms with Crippen LogP contribution in [0.15, 0.2) is 30.9 Å². The number of aromatic nitrogens is 2. The van der Waals surface area contributed by atoms with Crippen LogP contribution >= 0.6 is 11.6 Å². The third-order valence-electron chi connectivity index (χ3n) is 4.35. The number of carboxylic acids is 1. The quantitative estimate of drug-likeness (QED) is 0.772. The molecule has 1 aromatic carbocycles. The first-order valence-corrected chi connectivity index (χ1v) is 8.23. The molecular weight excluding hydrogens is 368 g/mol. The van der Waals surface area contributed by atoms with Crippen molar-refractivity contribution in [2.45, 2.75) is 25.0 Å². The highest BCUT2D eigenvalue weighted by atomic mass is 35.5. The SMILES string of the molecule is C=CC(F)(F)c1nc2ccc(Cl)cc2nc1O[C@H]1CN[C@H](C(=O)O)[C@@H]1C. The summed E-state index contributed by atoms with van der Waals surface area (Å²) in [5.41, 5.74) is -0.142. The van der Waals surface area contributed by atoms with Crippen molar-refractivity contribution >= 4 is 28.6 Å². The molecule has 0 amide bonds. The van der Waals surface area contributed by atoms with Gasteiger partial charge in [-0.05, 0) is 24.3 Å². The number of benzene rings is 1. The Morgan fingerprint density at radius 1 is 1.46 bits per heavy atom. The smallest absolute Gasteiger partial charge is 0.321 e. The fourth-order valence-corrected chi connectivity index (χ4v) is 3.01. The number of fused-ring (bicyclic) bond motifs is 1. The fourth-order valence-electron chi connectivity index (χ4n) is 2.84. The van der Waals surface area contributed by atoms with Crippen molar-refractivity contribution < 1.29 is 23.4 Å². The van der Waals surface area contributed by atoms with E-state index in [1.807, 2.05) is 0 Å². The van der Waals surface area contributed by atoms with Gasteiger partial charge < -0.3 is 15.2 Å². The maximum absolute atomic E-state index is 14.3. The first-order chi connectivity index (χ1) is 12.2. The lowest BCUT2D eigenvalue weighted by atomic mass is 10.0. The minimum atomic E-state index is -3.46. The van der Waals surface area contributed by atoms with Crippen LogP contribution in [0.4, 0.5) is 8.78 Å². The minimum Gasteiger partial charge on any atom is -0.480 e. The second-order valence-electron chi connectivity index (χ2n) is 6.08. The van der Waals surface area contributed by atoms with Crippen LogP contribution < -0.4 is 10.1 Å². The molecule has 26 heavy (non-hydrogen) atoms. The van der Waals surface area contributed by atoms with Gasteiger partial charge in [-0.2, -0.15) is 8.78 Å². The van der Waals surface area contributed by atoms with Crippen LogP contribution in [0, 0.1) is 5.92 Å². The Labute approximate surface area is 152 Å². The molecule has 0 aliphatic carbocycles. The van der Waals surface area contributed by atoms with E-state index in [4.69, 9.17) is 21.4 Å². The molecule has 9 heteroatoms. The van der Waals surface area contributed by atoms with Gasteiger partial charge >= 0.3 is 11.9 Å². The Morgan fingerprint density at radius 3 is 2.81 bits per heavy atom. The number of carboxylic acid groups (broad SMARTS) is 1. The summed E-state index contributed by atoms with van der Waals surface area (Å²) in [5.74, 6) is -5.31. The highest BCUT2D eigenvalue weighted by Crippen LogP contribution is 2.36. The van der Waals surface area contributed by atoms with Gasteiger partial charge in [0.15, 0.2) is 5.69 Å². The highest BCUT2D eigenvalue weighted by molar-refractivity contribution is 6.31. The van der Waals surface area contributed by atoms with Crippen molar-refractivity contribution in [3.63, 3.8) is 0 Å². The van der Waals surface area contributed by atoms with E-state index in [1.54, 1.807) is 6.92 Å². The van der Waals surface area contributed by atoms with Gasteiger partial charge in [0.05, 0.1) is 11.0 Å². The van der Waals surface area contributed by atoms with Crippen molar-refractivity contribution in [2.75, 3.05) is 6.54 Å². The predicted octanol–water partition coefficient (Wildman–Crippen LogP) is 3.00. The van der Waals surface area contributed by atoms with Gasteiger partial charge in [-0.25, -0.2) is 9.97 Å². The normalized spacial score (nSPS) is 23.2. The van der Waals surface area contributed by atoms with Gasteiger partial charge in [-0.1, -0.05) is 25.1 Å². The first kappa shape index (κ1) is 18.5. The standard InChI is InChI=1S/C17H16ClF2N3O3/c1-3-17(19,20)14-15(23-11-6-9(18)4-5-10(11)22-14)26-12-7-21-13(8(12)2)16(24)25/h3-6,8,12-13,21H,1,7H2,2H3,(H,24,25)/t8-,12+,13+/m1/s1. The predicted molar refractivity (Wildman–Crippen MR) is 91.6 cm³/mol. The number of allylic oxidation sites excluding steroid dienone is 1. The van der Waals surface area contributed by atoms with Gasteiger partial charge in [0.2, 0.25) is 5.88 Å². The molecule has 2 N–H and O–H groups in total. The average Bonchev–Trinajstić information content (AvgIpc) is 2.95. The number of nitrogens with one attached hydrogen (secondary N) is 1. The monoisotopic (exact) mass is 383 g/mol. The molecule has 0 unspecified atom stereocenters. The summed E-state index contributed by atoms with van der Waals surface area (Å²) < 4.78 is 34.2. The van der Waals surface area contributed by atoms with Crippen LogP contribution in [0.25, 0.3) is 11.0 Å². The zero-order chi connectivity index (χ0) is 19.1. The van der Waals surface area contributed by atoms with E-state index >= 15 is 0 Å². The molecule has 0 saturated carbocycles. The number of alkyl halides is 2. The van der Waals surface area contributed by atoms with E-state index in [0.717, 1.165) is 0 Å². The summed E-state index contributed by atoms with van der Waals surface area (Å²) in [7, 11) is 0. The summed E-state index contributed by atoms with van der Waals surface area (Å²) >= 11 is 5.93. The Balaban J connectivity index is 2.04.